The lowest BCUT2D eigenvalue weighted by atomic mass is 10.1. The first-order valence-corrected chi connectivity index (χ1v) is 6.60. The maximum atomic E-state index is 6.04. The molecule has 1 aromatic rings. The molecule has 0 amide bonds. The van der Waals surface area contributed by atoms with E-state index < -0.39 is 0 Å². The van der Waals surface area contributed by atoms with Gasteiger partial charge in [-0.3, -0.25) is 0 Å². The van der Waals surface area contributed by atoms with Crippen LogP contribution in [0.25, 0.3) is 0 Å². The van der Waals surface area contributed by atoms with Crippen molar-refractivity contribution < 1.29 is 0 Å². The maximum Gasteiger partial charge on any atom is 0.0557 e. The van der Waals surface area contributed by atoms with Crippen molar-refractivity contribution in [2.75, 3.05) is 0 Å². The number of nitrogens with one attached hydrogen (secondary N) is 1. The van der Waals surface area contributed by atoms with Crippen LogP contribution < -0.4 is 5.32 Å². The Hall–Kier alpha value is -0.0500. The first-order chi connectivity index (χ1) is 6.84. The van der Waals surface area contributed by atoms with Crippen LogP contribution in [0.1, 0.15) is 24.8 Å². The van der Waals surface area contributed by atoms with Crippen molar-refractivity contribution in [3.05, 3.63) is 21.3 Å². The van der Waals surface area contributed by atoms with E-state index in [1.807, 2.05) is 5.38 Å². The van der Waals surface area contributed by atoms with Crippen molar-refractivity contribution in [2.24, 2.45) is 11.8 Å². The van der Waals surface area contributed by atoms with Crippen molar-refractivity contribution in [2.45, 2.75) is 31.8 Å². The van der Waals surface area contributed by atoms with E-state index in [9.17, 15) is 0 Å². The van der Waals surface area contributed by atoms with Crippen LogP contribution >= 0.6 is 22.9 Å². The van der Waals surface area contributed by atoms with Gasteiger partial charge in [-0.05, 0) is 42.0 Å². The third-order valence-corrected chi connectivity index (χ3v) is 4.86. The molecule has 0 aliphatic heterocycles. The summed E-state index contributed by atoms with van der Waals surface area (Å²) >= 11 is 7.73. The number of hydrogen-bond acceptors (Lipinski definition) is 2. The summed E-state index contributed by atoms with van der Waals surface area (Å²) in [5.41, 5.74) is 1.26. The molecule has 3 unspecified atom stereocenters. The van der Waals surface area contributed by atoms with Crippen LogP contribution in [0.3, 0.4) is 0 Å². The molecule has 0 radical (unpaired) electrons. The third-order valence-electron chi connectivity index (χ3n) is 3.59. The lowest BCUT2D eigenvalue weighted by Gasteiger charge is -2.13. The molecule has 0 aromatic carbocycles. The molecule has 1 nitrogen and oxygen atoms in total. The normalized spacial score (nSPS) is 34.5. The zero-order valence-electron chi connectivity index (χ0n) is 8.00. The minimum Gasteiger partial charge on any atom is -0.310 e. The maximum absolute atomic E-state index is 6.04. The van der Waals surface area contributed by atoms with Gasteiger partial charge >= 0.3 is 0 Å². The van der Waals surface area contributed by atoms with Crippen molar-refractivity contribution in [3.63, 3.8) is 0 Å². The van der Waals surface area contributed by atoms with Gasteiger partial charge in [-0.15, -0.1) is 0 Å². The fourth-order valence-corrected chi connectivity index (χ4v) is 3.69. The number of hydrogen-bond donors (Lipinski definition) is 1. The van der Waals surface area contributed by atoms with Gasteiger partial charge in [0.25, 0.3) is 0 Å². The summed E-state index contributed by atoms with van der Waals surface area (Å²) in [7, 11) is 0. The largest absolute Gasteiger partial charge is 0.310 e. The summed E-state index contributed by atoms with van der Waals surface area (Å²) in [5.74, 6) is 2.05. The van der Waals surface area contributed by atoms with Gasteiger partial charge < -0.3 is 5.32 Å². The Kier molecular flexibility index (Phi) is 2.31. The quantitative estimate of drug-likeness (QED) is 0.836. The van der Waals surface area contributed by atoms with E-state index >= 15 is 0 Å². The minimum atomic E-state index is 0.774. The predicted octanol–water partition coefficient (Wildman–Crippen LogP) is 3.29. The van der Waals surface area contributed by atoms with Gasteiger partial charge in [0.2, 0.25) is 0 Å². The molecule has 2 aliphatic carbocycles. The fourth-order valence-electron chi connectivity index (χ4n) is 2.63. The van der Waals surface area contributed by atoms with Crippen LogP contribution in [0.4, 0.5) is 0 Å². The molecule has 2 saturated carbocycles. The summed E-state index contributed by atoms with van der Waals surface area (Å²) in [6, 6.07) is 0.774. The van der Waals surface area contributed by atoms with Crippen molar-refractivity contribution in [1.29, 1.82) is 0 Å². The summed E-state index contributed by atoms with van der Waals surface area (Å²) in [6.07, 6.45) is 4.28. The van der Waals surface area contributed by atoms with E-state index in [0.717, 1.165) is 29.4 Å². The van der Waals surface area contributed by atoms with Crippen molar-refractivity contribution in [1.82, 2.24) is 5.32 Å². The molecule has 1 heterocycles. The molecule has 2 aliphatic rings. The predicted molar refractivity (Wildman–Crippen MR) is 60.8 cm³/mol. The molecule has 14 heavy (non-hydrogen) atoms. The molecule has 0 spiro atoms. The molecule has 1 N–H and O–H groups in total. The van der Waals surface area contributed by atoms with Gasteiger partial charge in [-0.25, -0.2) is 0 Å². The highest BCUT2D eigenvalue weighted by atomic mass is 35.5. The Labute approximate surface area is 93.5 Å². The second kappa shape index (κ2) is 3.51. The molecule has 3 heteroatoms. The lowest BCUT2D eigenvalue weighted by Crippen LogP contribution is -2.28. The number of thiophene rings is 1. The first kappa shape index (κ1) is 9.20. The van der Waals surface area contributed by atoms with E-state index in [0.29, 0.717) is 0 Å². The summed E-state index contributed by atoms with van der Waals surface area (Å²) in [6.45, 7) is 0.955. The first-order valence-electron chi connectivity index (χ1n) is 5.28. The molecule has 3 rings (SSSR count). The molecule has 0 bridgehead atoms. The highest BCUT2D eigenvalue weighted by Crippen LogP contribution is 2.51. The topological polar surface area (TPSA) is 12.0 Å². The van der Waals surface area contributed by atoms with E-state index in [1.165, 1.54) is 24.8 Å². The zero-order valence-corrected chi connectivity index (χ0v) is 9.57. The Morgan fingerprint density at radius 2 is 2.36 bits per heavy atom. The van der Waals surface area contributed by atoms with Crippen LogP contribution in [-0.2, 0) is 6.54 Å². The second-order valence-electron chi connectivity index (χ2n) is 4.47. The molecule has 76 valence electrons. The molecule has 2 fully saturated rings. The SMILES string of the molecule is Clc1cscc1CNC1CCC2CC21. The van der Waals surface area contributed by atoms with Crippen LogP contribution in [-0.4, -0.2) is 6.04 Å². The average molecular weight is 228 g/mol. The highest BCUT2D eigenvalue weighted by Gasteiger charge is 2.47. The molecule has 1 aromatic heterocycles. The van der Waals surface area contributed by atoms with E-state index in [4.69, 9.17) is 11.6 Å². The van der Waals surface area contributed by atoms with E-state index in [1.54, 1.807) is 11.3 Å². The van der Waals surface area contributed by atoms with Gasteiger partial charge in [0.15, 0.2) is 0 Å². The summed E-state index contributed by atoms with van der Waals surface area (Å²) in [5, 5.41) is 8.72. The number of fused-ring (bicyclic) bond motifs is 1. The van der Waals surface area contributed by atoms with Gasteiger partial charge in [-0.2, -0.15) is 11.3 Å². The molecular formula is C11H14ClNS. The van der Waals surface area contributed by atoms with Crippen molar-refractivity contribution in [3.8, 4) is 0 Å². The van der Waals surface area contributed by atoms with Crippen LogP contribution in [0.15, 0.2) is 10.8 Å². The average Bonchev–Trinajstić information content (AvgIpc) is 2.68. The summed E-state index contributed by atoms with van der Waals surface area (Å²) < 4.78 is 0. The smallest absolute Gasteiger partial charge is 0.0557 e. The second-order valence-corrected chi connectivity index (χ2v) is 5.62. The molecule has 3 atom stereocenters. The van der Waals surface area contributed by atoms with E-state index in [-0.39, 0.29) is 0 Å². The Morgan fingerprint density at radius 1 is 1.43 bits per heavy atom. The van der Waals surface area contributed by atoms with Crippen LogP contribution in [0, 0.1) is 11.8 Å². The van der Waals surface area contributed by atoms with Crippen LogP contribution in [0.2, 0.25) is 5.02 Å². The lowest BCUT2D eigenvalue weighted by molar-refractivity contribution is 0.475. The van der Waals surface area contributed by atoms with Gasteiger partial charge in [0.05, 0.1) is 5.02 Å². The number of halogens is 1. The fraction of sp³-hybridized carbons (Fsp3) is 0.636. The standard InChI is InChI=1S/C11H14ClNS/c12-10-6-14-5-8(10)4-13-11-2-1-7-3-9(7)11/h5-7,9,11,13H,1-4H2. The monoisotopic (exact) mass is 227 g/mol. The Morgan fingerprint density at radius 3 is 2.93 bits per heavy atom. The van der Waals surface area contributed by atoms with Gasteiger partial charge in [0, 0.05) is 18.0 Å². The van der Waals surface area contributed by atoms with Gasteiger partial charge in [-0.1, -0.05) is 11.6 Å². The minimum absolute atomic E-state index is 0.774. The van der Waals surface area contributed by atoms with Crippen molar-refractivity contribution >= 4 is 22.9 Å². The molecule has 0 saturated heterocycles. The van der Waals surface area contributed by atoms with Gasteiger partial charge in [0.1, 0.15) is 0 Å². The Bertz CT molecular complexity index is 336. The summed E-state index contributed by atoms with van der Waals surface area (Å²) in [4.78, 5) is 0. The van der Waals surface area contributed by atoms with E-state index in [2.05, 4.69) is 10.7 Å². The van der Waals surface area contributed by atoms with Crippen LogP contribution in [0.5, 0.6) is 0 Å². The third kappa shape index (κ3) is 1.60. The Balaban J connectivity index is 1.56. The zero-order chi connectivity index (χ0) is 9.54. The number of rotatable bonds is 3. The highest BCUT2D eigenvalue weighted by molar-refractivity contribution is 7.08. The molecular weight excluding hydrogens is 214 g/mol.